The van der Waals surface area contributed by atoms with E-state index in [1.54, 1.807) is 12.1 Å². The molecule has 23 heavy (non-hydrogen) atoms. The number of hydrogen-bond acceptors (Lipinski definition) is 3. The van der Waals surface area contributed by atoms with Crippen LogP contribution in [0.3, 0.4) is 0 Å². The molecule has 0 radical (unpaired) electrons. The summed E-state index contributed by atoms with van der Waals surface area (Å²) in [5, 5.41) is 9.16. The third-order valence-corrected chi connectivity index (χ3v) is 5.01. The van der Waals surface area contributed by atoms with Gasteiger partial charge in [0, 0.05) is 24.6 Å². The van der Waals surface area contributed by atoms with Gasteiger partial charge in [0.25, 0.3) is 0 Å². The summed E-state index contributed by atoms with van der Waals surface area (Å²) < 4.78 is 5.85. The minimum Gasteiger partial charge on any atom is -0.478 e. The molecule has 4 heteroatoms. The molecular formula is C19H29NO3. The third-order valence-electron chi connectivity index (χ3n) is 5.01. The van der Waals surface area contributed by atoms with Crippen molar-refractivity contribution in [2.45, 2.75) is 59.2 Å². The molecule has 1 N–H and O–H groups in total. The van der Waals surface area contributed by atoms with Gasteiger partial charge < -0.3 is 9.84 Å². The quantitative estimate of drug-likeness (QED) is 0.792. The van der Waals surface area contributed by atoms with E-state index in [-0.39, 0.29) is 5.41 Å². The Bertz CT molecular complexity index is 541. The number of benzene rings is 1. The fraction of sp³-hybridized carbons (Fsp3) is 0.632. The molecule has 2 rings (SSSR count). The molecule has 1 aromatic carbocycles. The maximum atomic E-state index is 11.2. The molecule has 128 valence electrons. The number of aromatic carboxylic acids is 1. The highest BCUT2D eigenvalue weighted by Crippen LogP contribution is 2.46. The molecule has 2 atom stereocenters. The van der Waals surface area contributed by atoms with Crippen LogP contribution < -0.4 is 0 Å². The zero-order valence-electron chi connectivity index (χ0n) is 14.7. The first-order chi connectivity index (χ1) is 10.9. The molecule has 0 spiro atoms. The first-order valence-electron chi connectivity index (χ1n) is 8.58. The van der Waals surface area contributed by atoms with E-state index in [0.717, 1.165) is 38.1 Å². The largest absolute Gasteiger partial charge is 0.478 e. The topological polar surface area (TPSA) is 49.8 Å². The van der Waals surface area contributed by atoms with Crippen molar-refractivity contribution in [3.8, 4) is 0 Å². The number of rotatable bonds is 8. The van der Waals surface area contributed by atoms with Crippen molar-refractivity contribution < 1.29 is 14.6 Å². The molecule has 0 heterocycles. The fourth-order valence-corrected chi connectivity index (χ4v) is 3.64. The lowest BCUT2D eigenvalue weighted by Crippen LogP contribution is -2.62. The number of carboxylic acid groups (broad SMARTS) is 1. The maximum absolute atomic E-state index is 11.2. The molecule has 0 saturated heterocycles. The number of nitrogens with zero attached hydrogens (tertiary/aromatic N) is 1. The first kappa shape index (κ1) is 18.0. The zero-order valence-corrected chi connectivity index (χ0v) is 14.7. The first-order valence-corrected chi connectivity index (χ1v) is 8.58. The van der Waals surface area contributed by atoms with Crippen molar-refractivity contribution in [1.29, 1.82) is 0 Å². The van der Waals surface area contributed by atoms with E-state index in [9.17, 15) is 4.79 Å². The van der Waals surface area contributed by atoms with Crippen LogP contribution in [0, 0.1) is 5.41 Å². The minimum absolute atomic E-state index is 0.135. The van der Waals surface area contributed by atoms with Crippen molar-refractivity contribution in [3.05, 3.63) is 35.4 Å². The summed E-state index contributed by atoms with van der Waals surface area (Å²) in [4.78, 5) is 13.6. The van der Waals surface area contributed by atoms with Crippen molar-refractivity contribution in [1.82, 2.24) is 4.90 Å². The molecule has 1 aromatic rings. The Morgan fingerprint density at radius 1 is 1.39 bits per heavy atom. The van der Waals surface area contributed by atoms with Gasteiger partial charge in [-0.3, -0.25) is 4.90 Å². The van der Waals surface area contributed by atoms with Gasteiger partial charge in [-0.25, -0.2) is 4.79 Å². The zero-order chi connectivity index (χ0) is 17.0. The SMILES string of the molecule is CCCN(Cc1cccc(C(=O)O)c1)C1CC(OCC)C1(C)C. The lowest BCUT2D eigenvalue weighted by atomic mass is 9.63. The predicted molar refractivity (Wildman–Crippen MR) is 91.7 cm³/mol. The van der Waals surface area contributed by atoms with Crippen LogP contribution in [0.1, 0.15) is 56.5 Å². The van der Waals surface area contributed by atoms with Crippen LogP contribution >= 0.6 is 0 Å². The Balaban J connectivity index is 2.11. The smallest absolute Gasteiger partial charge is 0.335 e. The molecule has 1 saturated carbocycles. The highest BCUT2D eigenvalue weighted by molar-refractivity contribution is 5.87. The van der Waals surface area contributed by atoms with Crippen molar-refractivity contribution in [3.63, 3.8) is 0 Å². The number of carbonyl (C=O) groups is 1. The van der Waals surface area contributed by atoms with E-state index in [4.69, 9.17) is 9.84 Å². The lowest BCUT2D eigenvalue weighted by molar-refractivity contribution is -0.151. The van der Waals surface area contributed by atoms with Crippen LogP contribution in [-0.2, 0) is 11.3 Å². The van der Waals surface area contributed by atoms with Gasteiger partial charge in [-0.05, 0) is 44.0 Å². The second-order valence-electron chi connectivity index (χ2n) is 6.99. The van der Waals surface area contributed by atoms with E-state index < -0.39 is 5.97 Å². The van der Waals surface area contributed by atoms with Crippen molar-refractivity contribution >= 4 is 5.97 Å². The average Bonchev–Trinajstić information content (AvgIpc) is 2.51. The van der Waals surface area contributed by atoms with E-state index in [1.165, 1.54) is 0 Å². The highest BCUT2D eigenvalue weighted by Gasteiger charge is 2.51. The van der Waals surface area contributed by atoms with E-state index in [2.05, 4.69) is 25.7 Å². The molecule has 0 amide bonds. The van der Waals surface area contributed by atoms with Gasteiger partial charge in [-0.15, -0.1) is 0 Å². The van der Waals surface area contributed by atoms with Gasteiger partial charge >= 0.3 is 5.97 Å². The summed E-state index contributed by atoms with van der Waals surface area (Å²) in [6.45, 7) is 11.4. The van der Waals surface area contributed by atoms with Gasteiger partial charge in [0.1, 0.15) is 0 Å². The molecule has 0 bridgehead atoms. The average molecular weight is 319 g/mol. The van der Waals surface area contributed by atoms with E-state index in [0.29, 0.717) is 17.7 Å². The highest BCUT2D eigenvalue weighted by atomic mass is 16.5. The monoisotopic (exact) mass is 319 g/mol. The van der Waals surface area contributed by atoms with Crippen LogP contribution in [0.4, 0.5) is 0 Å². The van der Waals surface area contributed by atoms with E-state index in [1.807, 2.05) is 19.1 Å². The van der Waals surface area contributed by atoms with Crippen molar-refractivity contribution in [2.24, 2.45) is 5.41 Å². The Morgan fingerprint density at radius 3 is 2.70 bits per heavy atom. The summed E-state index contributed by atoms with van der Waals surface area (Å²) in [6.07, 6.45) is 2.46. The molecule has 2 unspecified atom stereocenters. The second kappa shape index (κ2) is 7.45. The molecular weight excluding hydrogens is 290 g/mol. The summed E-state index contributed by atoms with van der Waals surface area (Å²) in [7, 11) is 0. The molecule has 4 nitrogen and oxygen atoms in total. The Kier molecular flexibility index (Phi) is 5.82. The number of carboxylic acids is 1. The van der Waals surface area contributed by atoms with E-state index >= 15 is 0 Å². The van der Waals surface area contributed by atoms with Crippen LogP contribution in [0.15, 0.2) is 24.3 Å². The molecule has 1 aliphatic rings. The van der Waals surface area contributed by atoms with Gasteiger partial charge in [0.2, 0.25) is 0 Å². The second-order valence-corrected chi connectivity index (χ2v) is 6.99. The maximum Gasteiger partial charge on any atom is 0.335 e. The fourth-order valence-electron chi connectivity index (χ4n) is 3.64. The standard InChI is InChI=1S/C19H29NO3/c1-5-10-20(16-12-17(23-6-2)19(16,3)4)13-14-8-7-9-15(11-14)18(21)22/h7-9,11,16-17H,5-6,10,12-13H2,1-4H3,(H,21,22). The summed E-state index contributed by atoms with van der Waals surface area (Å²) in [5.41, 5.74) is 1.56. The van der Waals surface area contributed by atoms with Crippen molar-refractivity contribution in [2.75, 3.05) is 13.2 Å². The molecule has 0 aromatic heterocycles. The Labute approximate surface area is 139 Å². The van der Waals surface area contributed by atoms with Crippen LogP contribution in [0.2, 0.25) is 0 Å². The summed E-state index contributed by atoms with van der Waals surface area (Å²) in [5.74, 6) is -0.866. The summed E-state index contributed by atoms with van der Waals surface area (Å²) >= 11 is 0. The van der Waals surface area contributed by atoms with Crippen LogP contribution in [0.5, 0.6) is 0 Å². The predicted octanol–water partition coefficient (Wildman–Crippen LogP) is 3.80. The third kappa shape index (κ3) is 3.93. The molecule has 1 aliphatic carbocycles. The summed E-state index contributed by atoms with van der Waals surface area (Å²) in [6, 6.07) is 7.76. The van der Waals surface area contributed by atoms with Crippen LogP contribution in [-0.4, -0.2) is 41.3 Å². The lowest BCUT2D eigenvalue weighted by Gasteiger charge is -2.56. The minimum atomic E-state index is -0.866. The Hall–Kier alpha value is -1.39. The molecule has 1 fully saturated rings. The van der Waals surface area contributed by atoms with Gasteiger partial charge in [0.15, 0.2) is 0 Å². The number of hydrogen-bond donors (Lipinski definition) is 1. The normalized spacial score (nSPS) is 22.8. The number of ether oxygens (including phenoxy) is 1. The Morgan fingerprint density at radius 2 is 2.13 bits per heavy atom. The van der Waals surface area contributed by atoms with Gasteiger partial charge in [0.05, 0.1) is 11.7 Å². The molecule has 0 aliphatic heterocycles. The van der Waals surface area contributed by atoms with Gasteiger partial charge in [-0.2, -0.15) is 0 Å². The van der Waals surface area contributed by atoms with Gasteiger partial charge in [-0.1, -0.05) is 32.9 Å². The van der Waals surface area contributed by atoms with Crippen LogP contribution in [0.25, 0.3) is 0 Å².